The second-order valence-corrected chi connectivity index (χ2v) is 5.37. The molecule has 0 bridgehead atoms. The SMILES string of the molecule is CC1CCCN(c2ccccc2C(C)N)CC1. The number of hydrogen-bond acceptors (Lipinski definition) is 2. The molecule has 2 atom stereocenters. The van der Waals surface area contributed by atoms with Crippen LogP contribution >= 0.6 is 0 Å². The van der Waals surface area contributed by atoms with Gasteiger partial charge in [-0.1, -0.05) is 25.1 Å². The van der Waals surface area contributed by atoms with Crippen LogP contribution in [0, 0.1) is 5.92 Å². The second kappa shape index (κ2) is 5.54. The predicted molar refractivity (Wildman–Crippen MR) is 74.3 cm³/mol. The summed E-state index contributed by atoms with van der Waals surface area (Å²) in [6.07, 6.45) is 3.96. The molecule has 1 aliphatic heterocycles. The van der Waals surface area contributed by atoms with Gasteiger partial charge in [-0.2, -0.15) is 0 Å². The van der Waals surface area contributed by atoms with Crippen LogP contribution in [-0.2, 0) is 0 Å². The van der Waals surface area contributed by atoms with Gasteiger partial charge in [0.15, 0.2) is 0 Å². The monoisotopic (exact) mass is 232 g/mol. The van der Waals surface area contributed by atoms with E-state index in [0.29, 0.717) is 0 Å². The average Bonchev–Trinajstić information content (AvgIpc) is 2.54. The maximum absolute atomic E-state index is 6.06. The van der Waals surface area contributed by atoms with Crippen molar-refractivity contribution in [3.63, 3.8) is 0 Å². The molecule has 2 rings (SSSR count). The molecule has 2 nitrogen and oxygen atoms in total. The van der Waals surface area contributed by atoms with Crippen LogP contribution in [0.4, 0.5) is 5.69 Å². The Morgan fingerprint density at radius 3 is 2.76 bits per heavy atom. The van der Waals surface area contributed by atoms with E-state index in [-0.39, 0.29) is 6.04 Å². The summed E-state index contributed by atoms with van der Waals surface area (Å²) in [5.41, 5.74) is 8.68. The van der Waals surface area contributed by atoms with Gasteiger partial charge in [0.1, 0.15) is 0 Å². The predicted octanol–water partition coefficient (Wildman–Crippen LogP) is 3.33. The molecular weight excluding hydrogens is 208 g/mol. The van der Waals surface area contributed by atoms with Gasteiger partial charge in [-0.15, -0.1) is 0 Å². The summed E-state index contributed by atoms with van der Waals surface area (Å²) in [4.78, 5) is 2.52. The van der Waals surface area contributed by atoms with E-state index in [1.54, 1.807) is 0 Å². The summed E-state index contributed by atoms with van der Waals surface area (Å²) in [6.45, 7) is 6.78. The number of nitrogens with two attached hydrogens (primary N) is 1. The summed E-state index contributed by atoms with van der Waals surface area (Å²) in [7, 11) is 0. The third-order valence-electron chi connectivity index (χ3n) is 3.78. The molecule has 2 heteroatoms. The van der Waals surface area contributed by atoms with E-state index < -0.39 is 0 Å². The lowest BCUT2D eigenvalue weighted by atomic mass is 10.0. The fourth-order valence-electron chi connectivity index (χ4n) is 2.66. The lowest BCUT2D eigenvalue weighted by molar-refractivity contribution is 0.521. The van der Waals surface area contributed by atoms with Crippen molar-refractivity contribution in [2.75, 3.05) is 18.0 Å². The Bertz CT molecular complexity index is 360. The highest BCUT2D eigenvalue weighted by Gasteiger charge is 2.17. The normalized spacial score (nSPS) is 23.2. The van der Waals surface area contributed by atoms with E-state index in [4.69, 9.17) is 5.73 Å². The Balaban J connectivity index is 2.21. The first-order valence-electron chi connectivity index (χ1n) is 6.78. The fraction of sp³-hybridized carbons (Fsp3) is 0.600. The van der Waals surface area contributed by atoms with Crippen LogP contribution < -0.4 is 10.6 Å². The molecule has 1 heterocycles. The third kappa shape index (κ3) is 3.01. The Morgan fingerprint density at radius 2 is 2.00 bits per heavy atom. The highest BCUT2D eigenvalue weighted by molar-refractivity contribution is 5.54. The van der Waals surface area contributed by atoms with Crippen molar-refractivity contribution in [1.29, 1.82) is 0 Å². The van der Waals surface area contributed by atoms with Crippen molar-refractivity contribution >= 4 is 5.69 Å². The lowest BCUT2D eigenvalue weighted by Gasteiger charge is -2.26. The van der Waals surface area contributed by atoms with Gasteiger partial charge >= 0.3 is 0 Å². The van der Waals surface area contributed by atoms with E-state index in [2.05, 4.69) is 43.0 Å². The number of hydrogen-bond donors (Lipinski definition) is 1. The first-order valence-corrected chi connectivity index (χ1v) is 6.78. The van der Waals surface area contributed by atoms with Gasteiger partial charge in [-0.25, -0.2) is 0 Å². The van der Waals surface area contributed by atoms with E-state index in [1.807, 2.05) is 0 Å². The van der Waals surface area contributed by atoms with Gasteiger partial charge in [0.25, 0.3) is 0 Å². The average molecular weight is 232 g/mol. The quantitative estimate of drug-likeness (QED) is 0.847. The summed E-state index contributed by atoms with van der Waals surface area (Å²) < 4.78 is 0. The van der Waals surface area contributed by atoms with E-state index in [0.717, 1.165) is 5.92 Å². The molecule has 94 valence electrons. The number of anilines is 1. The van der Waals surface area contributed by atoms with Crippen molar-refractivity contribution in [3.05, 3.63) is 29.8 Å². The highest BCUT2D eigenvalue weighted by atomic mass is 15.1. The summed E-state index contributed by atoms with van der Waals surface area (Å²) >= 11 is 0. The number of rotatable bonds is 2. The van der Waals surface area contributed by atoms with E-state index >= 15 is 0 Å². The number of para-hydroxylation sites is 1. The molecule has 2 N–H and O–H groups in total. The molecule has 1 aromatic rings. The Kier molecular flexibility index (Phi) is 4.06. The van der Waals surface area contributed by atoms with E-state index in [1.165, 1.54) is 43.6 Å². The van der Waals surface area contributed by atoms with Crippen LogP contribution in [0.5, 0.6) is 0 Å². The molecule has 1 fully saturated rings. The highest BCUT2D eigenvalue weighted by Crippen LogP contribution is 2.28. The van der Waals surface area contributed by atoms with Crippen LogP contribution in [0.3, 0.4) is 0 Å². The maximum Gasteiger partial charge on any atom is 0.0414 e. The first kappa shape index (κ1) is 12.4. The lowest BCUT2D eigenvalue weighted by Crippen LogP contribution is -2.26. The zero-order valence-corrected chi connectivity index (χ0v) is 11.0. The molecule has 1 saturated heterocycles. The van der Waals surface area contributed by atoms with Crippen molar-refractivity contribution in [2.45, 2.75) is 39.2 Å². The molecule has 0 amide bonds. The smallest absolute Gasteiger partial charge is 0.0414 e. The Labute approximate surface area is 105 Å². The van der Waals surface area contributed by atoms with Gasteiger partial charge in [0.05, 0.1) is 0 Å². The largest absolute Gasteiger partial charge is 0.371 e. The fourth-order valence-corrected chi connectivity index (χ4v) is 2.66. The van der Waals surface area contributed by atoms with Gasteiger partial charge in [0.2, 0.25) is 0 Å². The summed E-state index contributed by atoms with van der Waals surface area (Å²) in [5, 5.41) is 0. The zero-order valence-electron chi connectivity index (χ0n) is 11.0. The molecular formula is C15H24N2. The molecule has 0 radical (unpaired) electrons. The van der Waals surface area contributed by atoms with Crippen LogP contribution in [0.25, 0.3) is 0 Å². The molecule has 0 aliphatic carbocycles. The number of nitrogens with zero attached hydrogens (tertiary/aromatic N) is 1. The van der Waals surface area contributed by atoms with Crippen molar-refractivity contribution in [2.24, 2.45) is 11.7 Å². The minimum atomic E-state index is 0.117. The molecule has 17 heavy (non-hydrogen) atoms. The van der Waals surface area contributed by atoms with Crippen LogP contribution in [0.2, 0.25) is 0 Å². The van der Waals surface area contributed by atoms with Crippen molar-refractivity contribution in [1.82, 2.24) is 0 Å². The molecule has 0 saturated carbocycles. The van der Waals surface area contributed by atoms with Crippen molar-refractivity contribution in [3.8, 4) is 0 Å². The summed E-state index contributed by atoms with van der Waals surface area (Å²) in [5.74, 6) is 0.863. The zero-order chi connectivity index (χ0) is 12.3. The molecule has 1 aromatic carbocycles. The first-order chi connectivity index (χ1) is 8.18. The standard InChI is InChI=1S/C15H24N2/c1-12-6-5-10-17(11-9-12)15-8-4-3-7-14(15)13(2)16/h3-4,7-8,12-13H,5-6,9-11,16H2,1-2H3. The molecule has 0 aromatic heterocycles. The molecule has 1 aliphatic rings. The topological polar surface area (TPSA) is 29.3 Å². The van der Waals surface area contributed by atoms with E-state index in [9.17, 15) is 0 Å². The Morgan fingerprint density at radius 1 is 1.24 bits per heavy atom. The second-order valence-electron chi connectivity index (χ2n) is 5.37. The molecule has 0 spiro atoms. The maximum atomic E-state index is 6.06. The minimum absolute atomic E-state index is 0.117. The van der Waals surface area contributed by atoms with Gasteiger partial charge < -0.3 is 10.6 Å². The third-order valence-corrected chi connectivity index (χ3v) is 3.78. The van der Waals surface area contributed by atoms with Gasteiger partial charge in [-0.05, 0) is 43.7 Å². The molecule has 2 unspecified atom stereocenters. The minimum Gasteiger partial charge on any atom is -0.371 e. The van der Waals surface area contributed by atoms with Crippen LogP contribution in [0.1, 0.15) is 44.7 Å². The Hall–Kier alpha value is -1.02. The van der Waals surface area contributed by atoms with Gasteiger partial charge in [0, 0.05) is 24.8 Å². The van der Waals surface area contributed by atoms with Gasteiger partial charge in [-0.3, -0.25) is 0 Å². The summed E-state index contributed by atoms with van der Waals surface area (Å²) in [6, 6.07) is 8.70. The van der Waals surface area contributed by atoms with Crippen LogP contribution in [-0.4, -0.2) is 13.1 Å². The van der Waals surface area contributed by atoms with Crippen molar-refractivity contribution < 1.29 is 0 Å². The number of benzene rings is 1. The van der Waals surface area contributed by atoms with Crippen LogP contribution in [0.15, 0.2) is 24.3 Å².